The lowest BCUT2D eigenvalue weighted by Crippen LogP contribution is -2.35. The molecule has 16 heavy (non-hydrogen) atoms. The molecule has 0 saturated carbocycles. The molecule has 1 unspecified atom stereocenters. The SMILES string of the molecule is CC1CN(c2c(F)cccc2Cl)CCCN1. The van der Waals surface area contributed by atoms with Crippen molar-refractivity contribution in [3.8, 4) is 0 Å². The Bertz CT molecular complexity index is 350. The van der Waals surface area contributed by atoms with Gasteiger partial charge in [-0.25, -0.2) is 4.39 Å². The van der Waals surface area contributed by atoms with E-state index >= 15 is 0 Å². The standard InChI is InChI=1S/C12H16ClFN2/c1-9-8-16(7-3-6-15-9)12-10(13)4-2-5-11(12)14/h2,4-5,9,15H,3,6-8H2,1H3. The molecule has 1 aliphatic rings. The van der Waals surface area contributed by atoms with Crippen molar-refractivity contribution >= 4 is 17.3 Å². The van der Waals surface area contributed by atoms with Gasteiger partial charge in [0.05, 0.1) is 10.7 Å². The number of nitrogens with one attached hydrogen (secondary N) is 1. The van der Waals surface area contributed by atoms with Gasteiger partial charge in [-0.3, -0.25) is 0 Å². The van der Waals surface area contributed by atoms with E-state index in [9.17, 15) is 4.39 Å². The number of hydrogen-bond acceptors (Lipinski definition) is 2. The van der Waals surface area contributed by atoms with Crippen LogP contribution in [0.4, 0.5) is 10.1 Å². The lowest BCUT2D eigenvalue weighted by atomic mass is 10.2. The van der Waals surface area contributed by atoms with Crippen LogP contribution in [-0.2, 0) is 0 Å². The molecular formula is C12H16ClFN2. The third-order valence-corrected chi connectivity index (χ3v) is 3.15. The van der Waals surface area contributed by atoms with Crippen molar-refractivity contribution in [3.63, 3.8) is 0 Å². The summed E-state index contributed by atoms with van der Waals surface area (Å²) in [6.45, 7) is 4.72. The first-order chi connectivity index (χ1) is 7.68. The first-order valence-electron chi connectivity index (χ1n) is 5.61. The largest absolute Gasteiger partial charge is 0.366 e. The lowest BCUT2D eigenvalue weighted by Gasteiger charge is -2.26. The van der Waals surface area contributed by atoms with Gasteiger partial charge in [0.15, 0.2) is 0 Å². The Hall–Kier alpha value is -0.800. The molecular weight excluding hydrogens is 227 g/mol. The van der Waals surface area contributed by atoms with Gasteiger partial charge in [-0.2, -0.15) is 0 Å². The van der Waals surface area contributed by atoms with Gasteiger partial charge in [0, 0.05) is 19.1 Å². The molecule has 1 heterocycles. The van der Waals surface area contributed by atoms with Gasteiger partial charge < -0.3 is 10.2 Å². The fourth-order valence-electron chi connectivity index (χ4n) is 2.10. The lowest BCUT2D eigenvalue weighted by molar-refractivity contribution is 0.578. The molecule has 1 aromatic carbocycles. The van der Waals surface area contributed by atoms with Crippen LogP contribution >= 0.6 is 11.6 Å². The maximum absolute atomic E-state index is 13.7. The van der Waals surface area contributed by atoms with Gasteiger partial charge in [-0.1, -0.05) is 17.7 Å². The Balaban J connectivity index is 2.28. The summed E-state index contributed by atoms with van der Waals surface area (Å²) in [7, 11) is 0. The highest BCUT2D eigenvalue weighted by atomic mass is 35.5. The van der Waals surface area contributed by atoms with Crippen molar-refractivity contribution in [2.24, 2.45) is 0 Å². The summed E-state index contributed by atoms with van der Waals surface area (Å²) < 4.78 is 13.7. The first kappa shape index (κ1) is 11.7. The third kappa shape index (κ3) is 2.47. The van der Waals surface area contributed by atoms with Crippen molar-refractivity contribution in [2.75, 3.05) is 24.5 Å². The van der Waals surface area contributed by atoms with Crippen LogP contribution < -0.4 is 10.2 Å². The zero-order chi connectivity index (χ0) is 11.5. The maximum Gasteiger partial charge on any atom is 0.148 e. The van der Waals surface area contributed by atoms with E-state index in [2.05, 4.69) is 12.2 Å². The van der Waals surface area contributed by atoms with E-state index in [0.717, 1.165) is 26.1 Å². The molecule has 88 valence electrons. The molecule has 1 atom stereocenters. The molecule has 0 aliphatic carbocycles. The summed E-state index contributed by atoms with van der Waals surface area (Å²) in [4.78, 5) is 2.03. The molecule has 1 aromatic rings. The van der Waals surface area contributed by atoms with E-state index in [1.165, 1.54) is 6.07 Å². The predicted octanol–water partition coefficient (Wildman–Crippen LogP) is 2.67. The Morgan fingerprint density at radius 3 is 3.06 bits per heavy atom. The van der Waals surface area contributed by atoms with Crippen molar-refractivity contribution in [2.45, 2.75) is 19.4 Å². The second-order valence-corrected chi connectivity index (χ2v) is 4.63. The normalized spacial score (nSPS) is 21.9. The Labute approximate surface area is 100 Å². The zero-order valence-corrected chi connectivity index (χ0v) is 10.1. The van der Waals surface area contributed by atoms with Crippen LogP contribution in [0.15, 0.2) is 18.2 Å². The Kier molecular flexibility index (Phi) is 3.66. The molecule has 1 aliphatic heterocycles. The van der Waals surface area contributed by atoms with E-state index in [0.29, 0.717) is 16.8 Å². The molecule has 4 heteroatoms. The minimum absolute atomic E-state index is 0.235. The fourth-order valence-corrected chi connectivity index (χ4v) is 2.38. The van der Waals surface area contributed by atoms with Crippen LogP contribution in [0, 0.1) is 5.82 Å². The van der Waals surface area contributed by atoms with Gasteiger partial charge in [0.25, 0.3) is 0 Å². The molecule has 1 saturated heterocycles. The summed E-state index contributed by atoms with van der Waals surface area (Å²) >= 11 is 6.06. The van der Waals surface area contributed by atoms with E-state index < -0.39 is 0 Å². The number of rotatable bonds is 1. The average molecular weight is 243 g/mol. The van der Waals surface area contributed by atoms with Crippen LogP contribution in [0.3, 0.4) is 0 Å². The molecule has 0 bridgehead atoms. The first-order valence-corrected chi connectivity index (χ1v) is 5.98. The van der Waals surface area contributed by atoms with Crippen molar-refractivity contribution in [3.05, 3.63) is 29.0 Å². The van der Waals surface area contributed by atoms with Gasteiger partial charge in [0.2, 0.25) is 0 Å². The average Bonchev–Trinajstić information content (AvgIpc) is 2.43. The Morgan fingerprint density at radius 1 is 1.50 bits per heavy atom. The summed E-state index contributed by atoms with van der Waals surface area (Å²) in [5, 5.41) is 3.87. The highest BCUT2D eigenvalue weighted by molar-refractivity contribution is 6.33. The number of hydrogen-bond donors (Lipinski definition) is 1. The van der Waals surface area contributed by atoms with Gasteiger partial charge in [-0.15, -0.1) is 0 Å². The van der Waals surface area contributed by atoms with Crippen molar-refractivity contribution in [1.29, 1.82) is 0 Å². The second kappa shape index (κ2) is 5.02. The third-order valence-electron chi connectivity index (χ3n) is 2.85. The fraction of sp³-hybridized carbons (Fsp3) is 0.500. The molecule has 0 spiro atoms. The minimum Gasteiger partial charge on any atom is -0.366 e. The van der Waals surface area contributed by atoms with E-state index in [-0.39, 0.29) is 5.82 Å². The maximum atomic E-state index is 13.7. The molecule has 0 aromatic heterocycles. The number of halogens is 2. The van der Waals surface area contributed by atoms with Crippen LogP contribution in [0.1, 0.15) is 13.3 Å². The highest BCUT2D eigenvalue weighted by Crippen LogP contribution is 2.29. The number of nitrogens with zero attached hydrogens (tertiary/aromatic N) is 1. The molecule has 2 nitrogen and oxygen atoms in total. The van der Waals surface area contributed by atoms with Crippen LogP contribution in [0.2, 0.25) is 5.02 Å². The van der Waals surface area contributed by atoms with Crippen molar-refractivity contribution in [1.82, 2.24) is 5.32 Å². The number of benzene rings is 1. The van der Waals surface area contributed by atoms with Crippen LogP contribution in [-0.4, -0.2) is 25.7 Å². The summed E-state index contributed by atoms with van der Waals surface area (Å²) in [5.74, 6) is -0.235. The zero-order valence-electron chi connectivity index (χ0n) is 9.34. The Morgan fingerprint density at radius 2 is 2.31 bits per heavy atom. The topological polar surface area (TPSA) is 15.3 Å². The molecule has 0 amide bonds. The monoisotopic (exact) mass is 242 g/mol. The van der Waals surface area contributed by atoms with Gasteiger partial charge >= 0.3 is 0 Å². The number of anilines is 1. The second-order valence-electron chi connectivity index (χ2n) is 4.23. The number of para-hydroxylation sites is 1. The van der Waals surface area contributed by atoms with E-state index in [4.69, 9.17) is 11.6 Å². The van der Waals surface area contributed by atoms with Crippen LogP contribution in [0.25, 0.3) is 0 Å². The molecule has 0 radical (unpaired) electrons. The van der Waals surface area contributed by atoms with E-state index in [1.54, 1.807) is 12.1 Å². The van der Waals surface area contributed by atoms with Crippen molar-refractivity contribution < 1.29 is 4.39 Å². The smallest absolute Gasteiger partial charge is 0.148 e. The minimum atomic E-state index is -0.235. The van der Waals surface area contributed by atoms with E-state index in [1.807, 2.05) is 4.90 Å². The highest BCUT2D eigenvalue weighted by Gasteiger charge is 2.19. The van der Waals surface area contributed by atoms with Gasteiger partial charge in [0.1, 0.15) is 5.82 Å². The van der Waals surface area contributed by atoms with Crippen LogP contribution in [0.5, 0.6) is 0 Å². The molecule has 2 rings (SSSR count). The summed E-state index contributed by atoms with van der Waals surface area (Å²) in [5.41, 5.74) is 0.541. The van der Waals surface area contributed by atoms with Gasteiger partial charge in [-0.05, 0) is 32.0 Å². The predicted molar refractivity (Wildman–Crippen MR) is 65.7 cm³/mol. The quantitative estimate of drug-likeness (QED) is 0.815. The summed E-state index contributed by atoms with van der Waals surface area (Å²) in [6, 6.07) is 5.20. The molecule has 1 fully saturated rings. The molecule has 1 N–H and O–H groups in total. The summed E-state index contributed by atoms with van der Waals surface area (Å²) in [6.07, 6.45) is 1.01.